The third-order valence-corrected chi connectivity index (χ3v) is 6.12. The summed E-state index contributed by atoms with van der Waals surface area (Å²) in [7, 11) is -2.45. The van der Waals surface area contributed by atoms with Crippen LogP contribution in [-0.2, 0) is 21.2 Å². The molecule has 0 fully saturated rings. The van der Waals surface area contributed by atoms with Crippen molar-refractivity contribution in [3.05, 3.63) is 89.4 Å². The second-order valence-electron chi connectivity index (χ2n) is 6.51. The molecule has 0 spiro atoms. The molecule has 156 valence electrons. The highest BCUT2D eigenvalue weighted by atomic mass is 35.5. The van der Waals surface area contributed by atoms with E-state index in [0.717, 1.165) is 5.56 Å². The number of rotatable bonds is 8. The van der Waals surface area contributed by atoms with Crippen LogP contribution in [0.1, 0.15) is 5.56 Å². The van der Waals surface area contributed by atoms with Gasteiger partial charge in [0.05, 0.1) is 17.7 Å². The Morgan fingerprint density at radius 3 is 2.27 bits per heavy atom. The highest BCUT2D eigenvalue weighted by Gasteiger charge is 2.26. The predicted octanol–water partition coefficient (Wildman–Crippen LogP) is 3.88. The first-order valence-electron chi connectivity index (χ1n) is 9.15. The highest BCUT2D eigenvalue weighted by molar-refractivity contribution is 7.89. The van der Waals surface area contributed by atoms with Crippen LogP contribution in [0.25, 0.3) is 0 Å². The highest BCUT2D eigenvalue weighted by Crippen LogP contribution is 2.23. The molecule has 8 heteroatoms. The van der Waals surface area contributed by atoms with Gasteiger partial charge in [-0.2, -0.15) is 4.72 Å². The number of halogens is 1. The summed E-state index contributed by atoms with van der Waals surface area (Å²) < 4.78 is 33.5. The lowest BCUT2D eigenvalue weighted by atomic mass is 10.1. The first-order chi connectivity index (χ1) is 14.4. The Bertz CT molecular complexity index is 1100. The molecule has 0 aliphatic carbocycles. The third kappa shape index (κ3) is 5.60. The van der Waals surface area contributed by atoms with Crippen molar-refractivity contribution in [2.24, 2.45) is 0 Å². The van der Waals surface area contributed by atoms with Gasteiger partial charge in [-0.25, -0.2) is 8.42 Å². The van der Waals surface area contributed by atoms with Crippen molar-refractivity contribution in [2.75, 3.05) is 12.4 Å². The lowest BCUT2D eigenvalue weighted by Gasteiger charge is -2.19. The van der Waals surface area contributed by atoms with Gasteiger partial charge in [-0.15, -0.1) is 0 Å². The molecule has 2 N–H and O–H groups in total. The fourth-order valence-corrected chi connectivity index (χ4v) is 4.20. The lowest BCUT2D eigenvalue weighted by Crippen LogP contribution is -2.45. The molecule has 0 unspecified atom stereocenters. The zero-order valence-electron chi connectivity index (χ0n) is 16.2. The minimum atomic E-state index is -3.95. The van der Waals surface area contributed by atoms with E-state index in [0.29, 0.717) is 16.5 Å². The number of nitrogens with one attached hydrogen (secondary N) is 2. The Labute approximate surface area is 180 Å². The van der Waals surface area contributed by atoms with Gasteiger partial charge in [0.1, 0.15) is 11.8 Å². The van der Waals surface area contributed by atoms with E-state index in [4.69, 9.17) is 16.3 Å². The van der Waals surface area contributed by atoms with Crippen LogP contribution in [0.15, 0.2) is 83.8 Å². The van der Waals surface area contributed by atoms with E-state index in [1.807, 2.05) is 30.3 Å². The molecule has 0 radical (unpaired) electrons. The van der Waals surface area contributed by atoms with E-state index in [-0.39, 0.29) is 11.3 Å². The molecule has 0 aliphatic rings. The molecule has 0 saturated carbocycles. The van der Waals surface area contributed by atoms with Crippen molar-refractivity contribution < 1.29 is 17.9 Å². The van der Waals surface area contributed by atoms with Gasteiger partial charge in [-0.05, 0) is 48.4 Å². The fraction of sp³-hybridized carbons (Fsp3) is 0.136. The number of anilines is 1. The number of carbonyl (C=O) groups is 1. The molecule has 0 saturated heterocycles. The van der Waals surface area contributed by atoms with Crippen LogP contribution >= 0.6 is 11.6 Å². The summed E-state index contributed by atoms with van der Waals surface area (Å²) in [6.45, 7) is 0. The van der Waals surface area contributed by atoms with Gasteiger partial charge in [0.2, 0.25) is 15.9 Å². The molecule has 3 rings (SSSR count). The quantitative estimate of drug-likeness (QED) is 0.552. The van der Waals surface area contributed by atoms with Crippen LogP contribution in [0.4, 0.5) is 5.69 Å². The summed E-state index contributed by atoms with van der Waals surface area (Å²) in [6.07, 6.45) is 0.175. The normalized spacial score (nSPS) is 12.2. The maximum atomic E-state index is 13.0. The number of carbonyl (C=O) groups excluding carboxylic acids is 1. The summed E-state index contributed by atoms with van der Waals surface area (Å²) in [4.78, 5) is 13.1. The number of amides is 1. The molecule has 30 heavy (non-hydrogen) atoms. The largest absolute Gasteiger partial charge is 0.495 e. The van der Waals surface area contributed by atoms with Crippen LogP contribution in [-0.4, -0.2) is 27.5 Å². The topological polar surface area (TPSA) is 84.5 Å². The molecule has 3 aromatic rings. The van der Waals surface area contributed by atoms with Crippen LogP contribution in [0.5, 0.6) is 5.75 Å². The summed E-state index contributed by atoms with van der Waals surface area (Å²) in [6, 6.07) is 20.8. The van der Waals surface area contributed by atoms with E-state index < -0.39 is 22.0 Å². The number of hydrogen-bond acceptors (Lipinski definition) is 4. The minimum absolute atomic E-state index is 0.0232. The molecule has 0 aromatic heterocycles. The third-order valence-electron chi connectivity index (χ3n) is 4.39. The SMILES string of the molecule is COc1ccccc1NC(=O)[C@@H](Cc1ccccc1)NS(=O)(=O)c1ccc(Cl)cc1. The van der Waals surface area contributed by atoms with Crippen LogP contribution < -0.4 is 14.8 Å². The van der Waals surface area contributed by atoms with Gasteiger partial charge in [0.25, 0.3) is 0 Å². The van der Waals surface area contributed by atoms with Crippen LogP contribution in [0.3, 0.4) is 0 Å². The van der Waals surface area contributed by atoms with E-state index >= 15 is 0 Å². The average Bonchev–Trinajstić information content (AvgIpc) is 2.74. The Balaban J connectivity index is 1.88. The Morgan fingerprint density at radius 1 is 0.967 bits per heavy atom. The van der Waals surface area contributed by atoms with Gasteiger partial charge < -0.3 is 10.1 Å². The lowest BCUT2D eigenvalue weighted by molar-refractivity contribution is -0.117. The molecule has 0 bridgehead atoms. The molecule has 0 heterocycles. The smallest absolute Gasteiger partial charge is 0.243 e. The fourth-order valence-electron chi connectivity index (χ4n) is 2.87. The predicted molar refractivity (Wildman–Crippen MR) is 117 cm³/mol. The number of methoxy groups -OCH3 is 1. The van der Waals surface area contributed by atoms with Crippen molar-refractivity contribution in [2.45, 2.75) is 17.4 Å². The zero-order valence-corrected chi connectivity index (χ0v) is 17.8. The van der Waals surface area contributed by atoms with Gasteiger partial charge in [-0.1, -0.05) is 54.1 Å². The van der Waals surface area contributed by atoms with Crippen molar-refractivity contribution in [3.8, 4) is 5.75 Å². The van der Waals surface area contributed by atoms with Gasteiger partial charge in [0, 0.05) is 5.02 Å². The minimum Gasteiger partial charge on any atom is -0.495 e. The number of benzene rings is 3. The number of sulfonamides is 1. The second-order valence-corrected chi connectivity index (χ2v) is 8.66. The summed E-state index contributed by atoms with van der Waals surface area (Å²) >= 11 is 5.85. The number of hydrogen-bond donors (Lipinski definition) is 2. The first kappa shape index (κ1) is 21.8. The summed E-state index contributed by atoms with van der Waals surface area (Å²) in [5, 5.41) is 3.17. The molecular formula is C22H21ClN2O4S. The molecule has 6 nitrogen and oxygen atoms in total. The Kier molecular flexibility index (Phi) is 7.10. The zero-order chi connectivity index (χ0) is 21.6. The van der Waals surface area contributed by atoms with Crippen molar-refractivity contribution in [1.82, 2.24) is 4.72 Å². The molecular weight excluding hydrogens is 424 g/mol. The van der Waals surface area contributed by atoms with E-state index in [9.17, 15) is 13.2 Å². The van der Waals surface area contributed by atoms with E-state index in [2.05, 4.69) is 10.0 Å². The molecule has 0 aliphatic heterocycles. The monoisotopic (exact) mass is 444 g/mol. The Morgan fingerprint density at radius 2 is 1.60 bits per heavy atom. The molecule has 1 atom stereocenters. The van der Waals surface area contributed by atoms with Crippen LogP contribution in [0.2, 0.25) is 5.02 Å². The van der Waals surface area contributed by atoms with Gasteiger partial charge in [-0.3, -0.25) is 4.79 Å². The summed E-state index contributed by atoms with van der Waals surface area (Å²) in [5.74, 6) is -0.0224. The number of para-hydroxylation sites is 2. The standard InChI is InChI=1S/C22H21ClN2O4S/c1-29-21-10-6-5-9-19(21)24-22(26)20(15-16-7-3-2-4-8-16)25-30(27,28)18-13-11-17(23)12-14-18/h2-14,20,25H,15H2,1H3,(H,24,26)/t20-/m1/s1. The van der Waals surface area contributed by atoms with Gasteiger partial charge >= 0.3 is 0 Å². The molecule has 3 aromatic carbocycles. The first-order valence-corrected chi connectivity index (χ1v) is 11.0. The summed E-state index contributed by atoms with van der Waals surface area (Å²) in [5.41, 5.74) is 1.27. The number of ether oxygens (including phenoxy) is 1. The average molecular weight is 445 g/mol. The van der Waals surface area contributed by atoms with Crippen molar-refractivity contribution >= 4 is 33.2 Å². The van der Waals surface area contributed by atoms with Crippen LogP contribution in [0, 0.1) is 0 Å². The maximum Gasteiger partial charge on any atom is 0.243 e. The van der Waals surface area contributed by atoms with Gasteiger partial charge in [0.15, 0.2) is 0 Å². The molecule has 1 amide bonds. The van der Waals surface area contributed by atoms with Crippen molar-refractivity contribution in [3.63, 3.8) is 0 Å². The second kappa shape index (κ2) is 9.75. The van der Waals surface area contributed by atoms with E-state index in [1.54, 1.807) is 24.3 Å². The van der Waals surface area contributed by atoms with Crippen molar-refractivity contribution in [1.29, 1.82) is 0 Å². The maximum absolute atomic E-state index is 13.0. The van der Waals surface area contributed by atoms with E-state index in [1.165, 1.54) is 31.4 Å². The Hall–Kier alpha value is -2.87.